The highest BCUT2D eigenvalue weighted by Gasteiger charge is 2.04. The van der Waals surface area contributed by atoms with Crippen LogP contribution in [0.4, 0.5) is 0 Å². The maximum atomic E-state index is 11.3. The Morgan fingerprint density at radius 1 is 1.31 bits per heavy atom. The first-order valence-corrected chi connectivity index (χ1v) is 5.28. The van der Waals surface area contributed by atoms with Gasteiger partial charge in [-0.2, -0.15) is 0 Å². The van der Waals surface area contributed by atoms with E-state index in [2.05, 4.69) is 10.6 Å². The molecule has 0 aliphatic carbocycles. The number of amides is 2. The molecule has 1 aromatic rings. The molecule has 0 fully saturated rings. The molecule has 0 bridgehead atoms. The van der Waals surface area contributed by atoms with Crippen LogP contribution in [0.5, 0.6) is 0 Å². The molecular formula is C11H16N2O3. The van der Waals surface area contributed by atoms with Gasteiger partial charge in [0, 0.05) is 6.42 Å². The Morgan fingerprint density at radius 3 is 2.75 bits per heavy atom. The molecule has 16 heavy (non-hydrogen) atoms. The van der Waals surface area contributed by atoms with Crippen LogP contribution in [-0.4, -0.2) is 18.4 Å². The van der Waals surface area contributed by atoms with Crippen LogP contribution in [0.15, 0.2) is 22.8 Å². The average molecular weight is 224 g/mol. The van der Waals surface area contributed by atoms with E-state index in [0.717, 1.165) is 6.42 Å². The van der Waals surface area contributed by atoms with E-state index in [-0.39, 0.29) is 18.4 Å². The predicted octanol–water partition coefficient (Wildman–Crippen LogP) is 0.812. The molecule has 5 heteroatoms. The lowest BCUT2D eigenvalue weighted by molar-refractivity contribution is -0.126. The molecule has 1 rings (SSSR count). The molecule has 0 saturated heterocycles. The van der Waals surface area contributed by atoms with E-state index < -0.39 is 0 Å². The van der Waals surface area contributed by atoms with E-state index in [4.69, 9.17) is 4.42 Å². The van der Waals surface area contributed by atoms with Crippen LogP contribution in [0.2, 0.25) is 0 Å². The van der Waals surface area contributed by atoms with Crippen molar-refractivity contribution in [2.45, 2.75) is 26.3 Å². The molecule has 88 valence electrons. The second-order valence-electron chi connectivity index (χ2n) is 3.38. The number of hydrogen-bond acceptors (Lipinski definition) is 3. The van der Waals surface area contributed by atoms with Gasteiger partial charge >= 0.3 is 0 Å². The van der Waals surface area contributed by atoms with Crippen molar-refractivity contribution in [3.8, 4) is 0 Å². The lowest BCUT2D eigenvalue weighted by Gasteiger charge is -2.04. The summed E-state index contributed by atoms with van der Waals surface area (Å²) in [5.41, 5.74) is 0. The van der Waals surface area contributed by atoms with Crippen LogP contribution < -0.4 is 10.6 Å². The van der Waals surface area contributed by atoms with E-state index in [1.54, 1.807) is 18.4 Å². The topological polar surface area (TPSA) is 71.3 Å². The van der Waals surface area contributed by atoms with Gasteiger partial charge in [-0.25, -0.2) is 0 Å². The van der Waals surface area contributed by atoms with Gasteiger partial charge in [-0.3, -0.25) is 9.59 Å². The second kappa shape index (κ2) is 6.66. The maximum Gasteiger partial charge on any atom is 0.239 e. The molecule has 1 heterocycles. The molecule has 0 atom stereocenters. The van der Waals surface area contributed by atoms with E-state index in [9.17, 15) is 9.59 Å². The Labute approximate surface area is 94.2 Å². The Bertz CT molecular complexity index is 333. The minimum atomic E-state index is -0.221. The van der Waals surface area contributed by atoms with Crippen LogP contribution in [0, 0.1) is 0 Å². The van der Waals surface area contributed by atoms with E-state index in [0.29, 0.717) is 18.7 Å². The highest BCUT2D eigenvalue weighted by Crippen LogP contribution is 1.97. The summed E-state index contributed by atoms with van der Waals surface area (Å²) in [6.07, 6.45) is 2.77. The molecule has 0 unspecified atom stereocenters. The molecule has 0 radical (unpaired) electrons. The van der Waals surface area contributed by atoms with Gasteiger partial charge in [-0.15, -0.1) is 0 Å². The highest BCUT2D eigenvalue weighted by molar-refractivity contribution is 5.84. The third kappa shape index (κ3) is 4.63. The normalized spacial score (nSPS) is 9.81. The van der Waals surface area contributed by atoms with Crippen LogP contribution in [0.1, 0.15) is 25.5 Å². The van der Waals surface area contributed by atoms with Crippen molar-refractivity contribution in [3.05, 3.63) is 24.2 Å². The molecule has 0 saturated carbocycles. The van der Waals surface area contributed by atoms with E-state index in [1.165, 1.54) is 0 Å². The van der Waals surface area contributed by atoms with Gasteiger partial charge < -0.3 is 15.1 Å². The van der Waals surface area contributed by atoms with Crippen molar-refractivity contribution in [3.63, 3.8) is 0 Å². The number of furan rings is 1. The van der Waals surface area contributed by atoms with Gasteiger partial charge in [-0.05, 0) is 18.6 Å². The highest BCUT2D eigenvalue weighted by atomic mass is 16.3. The zero-order valence-electron chi connectivity index (χ0n) is 9.29. The summed E-state index contributed by atoms with van der Waals surface area (Å²) in [5, 5.41) is 5.17. The van der Waals surface area contributed by atoms with Gasteiger partial charge in [0.25, 0.3) is 0 Å². The van der Waals surface area contributed by atoms with Crippen LogP contribution in [0.25, 0.3) is 0 Å². The molecule has 0 spiro atoms. The van der Waals surface area contributed by atoms with E-state index >= 15 is 0 Å². The summed E-state index contributed by atoms with van der Waals surface area (Å²) in [4.78, 5) is 22.4. The molecular weight excluding hydrogens is 208 g/mol. The molecule has 2 N–H and O–H groups in total. The zero-order valence-corrected chi connectivity index (χ0v) is 9.29. The van der Waals surface area contributed by atoms with E-state index in [1.807, 2.05) is 6.92 Å². The maximum absolute atomic E-state index is 11.3. The van der Waals surface area contributed by atoms with Crippen molar-refractivity contribution in [1.29, 1.82) is 0 Å². The third-order valence-electron chi connectivity index (χ3n) is 1.96. The first-order valence-electron chi connectivity index (χ1n) is 5.28. The van der Waals surface area contributed by atoms with Gasteiger partial charge in [0.1, 0.15) is 5.76 Å². The summed E-state index contributed by atoms with van der Waals surface area (Å²) < 4.78 is 5.05. The van der Waals surface area contributed by atoms with Gasteiger partial charge in [-0.1, -0.05) is 6.92 Å². The van der Waals surface area contributed by atoms with Crippen LogP contribution >= 0.6 is 0 Å². The number of nitrogens with one attached hydrogen (secondary N) is 2. The van der Waals surface area contributed by atoms with Crippen molar-refractivity contribution in [2.75, 3.05) is 6.54 Å². The van der Waals surface area contributed by atoms with Gasteiger partial charge in [0.2, 0.25) is 11.8 Å². The lowest BCUT2D eigenvalue weighted by Crippen LogP contribution is -2.36. The van der Waals surface area contributed by atoms with Gasteiger partial charge in [0.15, 0.2) is 0 Å². The minimum absolute atomic E-state index is 0.0134. The van der Waals surface area contributed by atoms with Crippen LogP contribution in [0.3, 0.4) is 0 Å². The zero-order chi connectivity index (χ0) is 11.8. The number of carbonyl (C=O) groups is 2. The lowest BCUT2D eigenvalue weighted by atomic mass is 10.3. The Kier molecular flexibility index (Phi) is 5.11. The summed E-state index contributed by atoms with van der Waals surface area (Å²) in [5.74, 6) is 0.365. The number of rotatable bonds is 6. The number of carbonyl (C=O) groups excluding carboxylic acids is 2. The second-order valence-corrected chi connectivity index (χ2v) is 3.38. The summed E-state index contributed by atoms with van der Waals surface area (Å²) >= 11 is 0. The van der Waals surface area contributed by atoms with Crippen molar-refractivity contribution in [1.82, 2.24) is 10.6 Å². The fourth-order valence-corrected chi connectivity index (χ4v) is 1.16. The van der Waals surface area contributed by atoms with Crippen LogP contribution in [-0.2, 0) is 16.1 Å². The summed E-state index contributed by atoms with van der Waals surface area (Å²) in [7, 11) is 0. The minimum Gasteiger partial charge on any atom is -0.467 e. The molecule has 1 aromatic heterocycles. The summed E-state index contributed by atoms with van der Waals surface area (Å²) in [6.45, 7) is 2.27. The molecule has 0 aliphatic heterocycles. The standard InChI is InChI=1S/C11H16N2O3/c1-2-4-10(14)13-8-11(15)12-7-9-5-3-6-16-9/h3,5-6H,2,4,7-8H2,1H3,(H,12,15)(H,13,14). The first-order chi connectivity index (χ1) is 7.72. The van der Waals surface area contributed by atoms with Crippen molar-refractivity contribution < 1.29 is 14.0 Å². The monoisotopic (exact) mass is 224 g/mol. The Morgan fingerprint density at radius 2 is 2.12 bits per heavy atom. The van der Waals surface area contributed by atoms with Gasteiger partial charge in [0.05, 0.1) is 19.4 Å². The smallest absolute Gasteiger partial charge is 0.239 e. The van der Waals surface area contributed by atoms with Crippen molar-refractivity contribution in [2.24, 2.45) is 0 Å². The SMILES string of the molecule is CCCC(=O)NCC(=O)NCc1ccco1. The quantitative estimate of drug-likeness (QED) is 0.751. The fourth-order valence-electron chi connectivity index (χ4n) is 1.16. The summed E-state index contributed by atoms with van der Waals surface area (Å²) in [6, 6.07) is 3.53. The van der Waals surface area contributed by atoms with Crippen molar-refractivity contribution >= 4 is 11.8 Å². The molecule has 5 nitrogen and oxygen atoms in total. The largest absolute Gasteiger partial charge is 0.467 e. The Hall–Kier alpha value is -1.78. The average Bonchev–Trinajstić information content (AvgIpc) is 2.77. The molecule has 0 aliphatic rings. The Balaban J connectivity index is 2.14. The molecule has 0 aromatic carbocycles. The third-order valence-corrected chi connectivity index (χ3v) is 1.96. The number of hydrogen-bond donors (Lipinski definition) is 2. The molecule has 2 amide bonds. The predicted molar refractivity (Wildman–Crippen MR) is 58.5 cm³/mol. The fraction of sp³-hybridized carbons (Fsp3) is 0.455. The first kappa shape index (κ1) is 12.3.